The summed E-state index contributed by atoms with van der Waals surface area (Å²) < 4.78 is 11.3. The third-order valence-corrected chi connectivity index (χ3v) is 7.74. The smallest absolute Gasteiger partial charge is 0.313 e. The molecule has 1 spiro atoms. The molecule has 7 unspecified atom stereocenters. The molecule has 3 fully saturated rings. The molecule has 25 heavy (non-hydrogen) atoms. The fourth-order valence-corrected chi connectivity index (χ4v) is 6.49. The van der Waals surface area contributed by atoms with E-state index in [0.29, 0.717) is 11.1 Å². The molecule has 0 radical (unpaired) electrons. The highest BCUT2D eigenvalue weighted by molar-refractivity contribution is 6.45. The molecule has 7 heteroatoms. The van der Waals surface area contributed by atoms with Gasteiger partial charge in [0.05, 0.1) is 28.6 Å². The Bertz CT molecular complexity index is 858. The van der Waals surface area contributed by atoms with E-state index in [-0.39, 0.29) is 23.2 Å². The van der Waals surface area contributed by atoms with Crippen LogP contribution in [-0.4, -0.2) is 47.1 Å². The van der Waals surface area contributed by atoms with Crippen LogP contribution in [0.3, 0.4) is 0 Å². The van der Waals surface area contributed by atoms with Crippen LogP contribution in [-0.2, 0) is 23.9 Å². The van der Waals surface area contributed by atoms with Crippen LogP contribution in [0.4, 0.5) is 0 Å². The van der Waals surface area contributed by atoms with Crippen molar-refractivity contribution in [3.05, 3.63) is 22.3 Å². The number of esters is 1. The quantitative estimate of drug-likeness (QED) is 0.642. The first-order valence-corrected chi connectivity index (χ1v) is 8.70. The van der Waals surface area contributed by atoms with E-state index in [1.807, 2.05) is 0 Å². The predicted molar refractivity (Wildman–Crippen MR) is 84.4 cm³/mol. The molecule has 7 atom stereocenters. The number of fused-ring (bicyclic) bond motifs is 2. The Balaban J connectivity index is 1.83. The lowest BCUT2D eigenvalue weighted by Gasteiger charge is -2.53. The molecule has 2 saturated heterocycles. The zero-order chi connectivity index (χ0) is 18.1. The van der Waals surface area contributed by atoms with Gasteiger partial charge in [-0.2, -0.15) is 0 Å². The molecular formula is C18H17ClO6. The second-order valence-electron chi connectivity index (χ2n) is 8.16. The van der Waals surface area contributed by atoms with E-state index in [4.69, 9.17) is 21.1 Å². The summed E-state index contributed by atoms with van der Waals surface area (Å²) in [6.45, 7) is 5.09. The first kappa shape index (κ1) is 15.7. The van der Waals surface area contributed by atoms with E-state index in [1.165, 1.54) is 6.08 Å². The maximum atomic E-state index is 13.2. The number of aliphatic hydroxyl groups is 1. The van der Waals surface area contributed by atoms with Gasteiger partial charge in [-0.1, -0.05) is 11.6 Å². The Hall–Kier alpha value is -1.50. The van der Waals surface area contributed by atoms with Crippen LogP contribution in [0.25, 0.3) is 0 Å². The number of ketones is 2. The van der Waals surface area contributed by atoms with Crippen molar-refractivity contribution >= 4 is 29.1 Å². The summed E-state index contributed by atoms with van der Waals surface area (Å²) in [7, 11) is 0. The van der Waals surface area contributed by atoms with Gasteiger partial charge in [0.1, 0.15) is 11.5 Å². The summed E-state index contributed by atoms with van der Waals surface area (Å²) in [6.07, 6.45) is -0.665. The number of allylic oxidation sites excluding steroid dienone is 4. The molecule has 2 heterocycles. The number of ether oxygens (including phenoxy) is 2. The molecule has 4 bridgehead atoms. The van der Waals surface area contributed by atoms with E-state index in [2.05, 4.69) is 0 Å². The molecule has 0 amide bonds. The van der Waals surface area contributed by atoms with Crippen molar-refractivity contribution in [2.45, 2.75) is 38.6 Å². The van der Waals surface area contributed by atoms with Crippen molar-refractivity contribution in [1.29, 1.82) is 0 Å². The molecule has 132 valence electrons. The number of hydrogen-bond donors (Lipinski definition) is 1. The van der Waals surface area contributed by atoms with Gasteiger partial charge < -0.3 is 14.6 Å². The zero-order valence-corrected chi connectivity index (χ0v) is 14.7. The fourth-order valence-electron chi connectivity index (χ4n) is 6.20. The van der Waals surface area contributed by atoms with E-state index in [1.54, 1.807) is 20.8 Å². The molecule has 0 aromatic carbocycles. The van der Waals surface area contributed by atoms with Crippen molar-refractivity contribution in [3.8, 4) is 0 Å². The van der Waals surface area contributed by atoms with Gasteiger partial charge in [0.2, 0.25) is 0 Å². The van der Waals surface area contributed by atoms with Crippen LogP contribution < -0.4 is 0 Å². The number of rotatable bonds is 0. The minimum absolute atomic E-state index is 0.0103. The Morgan fingerprint density at radius 2 is 1.96 bits per heavy atom. The van der Waals surface area contributed by atoms with Crippen LogP contribution in [0.5, 0.6) is 0 Å². The zero-order valence-electron chi connectivity index (χ0n) is 14.0. The van der Waals surface area contributed by atoms with Gasteiger partial charge in [-0.25, -0.2) is 0 Å². The number of carbonyl (C=O) groups is 3. The normalized spacial score (nSPS) is 53.0. The largest absolute Gasteiger partial charge is 0.456 e. The Kier molecular flexibility index (Phi) is 2.57. The van der Waals surface area contributed by atoms with Crippen LogP contribution >= 0.6 is 11.6 Å². The minimum atomic E-state index is -1.30. The van der Waals surface area contributed by atoms with E-state index in [0.717, 1.165) is 0 Å². The maximum Gasteiger partial charge on any atom is 0.313 e. The Morgan fingerprint density at radius 3 is 2.64 bits per heavy atom. The van der Waals surface area contributed by atoms with Crippen molar-refractivity contribution in [1.82, 2.24) is 0 Å². The van der Waals surface area contributed by atoms with Crippen molar-refractivity contribution in [2.24, 2.45) is 22.7 Å². The molecule has 5 rings (SSSR count). The molecule has 3 aliphatic carbocycles. The minimum Gasteiger partial charge on any atom is -0.456 e. The molecular weight excluding hydrogens is 348 g/mol. The summed E-state index contributed by atoms with van der Waals surface area (Å²) in [4.78, 5) is 38.8. The standard InChI is InChI=1S/C18H17ClO6/c1-6-7-4-8(20)18-5-24-17(3)12(18)15(23)25-14(17)10(21)11(18)16(7,2)13(22)9(6)19/h4,10-12,14,21H,5H2,1-3H3. The van der Waals surface area contributed by atoms with Crippen LogP contribution in [0.1, 0.15) is 20.8 Å². The van der Waals surface area contributed by atoms with Gasteiger partial charge in [-0.3, -0.25) is 14.4 Å². The Labute approximate surface area is 148 Å². The highest BCUT2D eigenvalue weighted by Gasteiger charge is 2.83. The average Bonchev–Trinajstić information content (AvgIpc) is 3.00. The summed E-state index contributed by atoms with van der Waals surface area (Å²) in [5, 5.41) is 11.2. The number of Topliss-reactive ketones (excluding diaryl/α,β-unsaturated/α-hetero) is 1. The third-order valence-electron chi connectivity index (χ3n) is 7.28. The lowest BCUT2D eigenvalue weighted by atomic mass is 9.45. The number of hydrogen-bond acceptors (Lipinski definition) is 6. The Morgan fingerprint density at radius 1 is 1.28 bits per heavy atom. The molecule has 2 aliphatic heterocycles. The second kappa shape index (κ2) is 4.08. The monoisotopic (exact) mass is 364 g/mol. The average molecular weight is 365 g/mol. The van der Waals surface area contributed by atoms with Crippen LogP contribution in [0.15, 0.2) is 22.3 Å². The highest BCUT2D eigenvalue weighted by atomic mass is 35.5. The maximum absolute atomic E-state index is 13.2. The van der Waals surface area contributed by atoms with E-state index in [9.17, 15) is 19.5 Å². The van der Waals surface area contributed by atoms with Crippen molar-refractivity contribution < 1.29 is 29.0 Å². The number of halogens is 1. The van der Waals surface area contributed by atoms with Gasteiger partial charge >= 0.3 is 5.97 Å². The lowest BCUT2D eigenvalue weighted by Crippen LogP contribution is -2.67. The fraction of sp³-hybridized carbons (Fsp3) is 0.611. The summed E-state index contributed by atoms with van der Waals surface area (Å²) in [5.41, 5.74) is -2.44. The second-order valence-corrected chi connectivity index (χ2v) is 8.54. The van der Waals surface area contributed by atoms with E-state index >= 15 is 0 Å². The first-order valence-electron chi connectivity index (χ1n) is 8.32. The molecule has 0 aromatic rings. The number of aliphatic hydroxyl groups excluding tert-OH is 1. The van der Waals surface area contributed by atoms with E-state index < -0.39 is 46.4 Å². The molecule has 5 aliphatic rings. The predicted octanol–water partition coefficient (Wildman–Crippen LogP) is 0.905. The van der Waals surface area contributed by atoms with Crippen molar-refractivity contribution in [2.75, 3.05) is 6.61 Å². The lowest BCUT2D eigenvalue weighted by molar-refractivity contribution is -0.165. The molecule has 0 aromatic heterocycles. The van der Waals surface area contributed by atoms with Crippen molar-refractivity contribution in [3.63, 3.8) is 0 Å². The topological polar surface area (TPSA) is 89.9 Å². The van der Waals surface area contributed by atoms with Crippen LogP contribution in [0.2, 0.25) is 0 Å². The highest BCUT2D eigenvalue weighted by Crippen LogP contribution is 2.70. The van der Waals surface area contributed by atoms with Gasteiger partial charge in [0.25, 0.3) is 0 Å². The summed E-state index contributed by atoms with van der Waals surface area (Å²) >= 11 is 6.21. The summed E-state index contributed by atoms with van der Waals surface area (Å²) in [6, 6.07) is 0. The van der Waals surface area contributed by atoms with Gasteiger partial charge in [-0.05, 0) is 38.0 Å². The molecule has 1 saturated carbocycles. The van der Waals surface area contributed by atoms with Crippen LogP contribution in [0, 0.1) is 22.7 Å². The van der Waals surface area contributed by atoms with Gasteiger partial charge in [0, 0.05) is 5.92 Å². The van der Waals surface area contributed by atoms with Gasteiger partial charge in [-0.15, -0.1) is 0 Å². The SMILES string of the molecule is CC1=C(Cl)C(=O)C2(C)C1=CC(=O)C13COC4(C)C(OC(=O)C41)C(O)C23. The number of carbonyl (C=O) groups excluding carboxylic acids is 3. The first-order chi connectivity index (χ1) is 11.6. The molecule has 6 nitrogen and oxygen atoms in total. The summed E-state index contributed by atoms with van der Waals surface area (Å²) in [5.74, 6) is -2.80. The van der Waals surface area contributed by atoms with Gasteiger partial charge in [0.15, 0.2) is 17.7 Å². The molecule has 1 N–H and O–H groups in total. The third kappa shape index (κ3) is 1.29.